The van der Waals surface area contributed by atoms with Crippen LogP contribution >= 0.6 is 12.2 Å². The van der Waals surface area contributed by atoms with Crippen molar-refractivity contribution in [3.8, 4) is 17.0 Å². The fourth-order valence-corrected chi connectivity index (χ4v) is 2.01. The number of H-pyrrole nitrogens is 1. The highest BCUT2D eigenvalue weighted by atomic mass is 32.1. The molecule has 0 saturated heterocycles. The Morgan fingerprint density at radius 3 is 2.83 bits per heavy atom. The second-order valence-electron chi connectivity index (χ2n) is 4.06. The molecule has 0 fully saturated rings. The minimum absolute atomic E-state index is 0.589. The first kappa shape index (κ1) is 12.8. The molecule has 0 unspecified atom stereocenters. The molecule has 1 N–H and O–H groups in total. The molecule has 0 saturated carbocycles. The average Bonchev–Trinajstić information content (AvgIpc) is 2.35. The second-order valence-corrected chi connectivity index (χ2v) is 4.48. The third kappa shape index (κ3) is 2.96. The molecule has 0 aliphatic heterocycles. The summed E-state index contributed by atoms with van der Waals surface area (Å²) in [5.74, 6) is 1.68. The lowest BCUT2D eigenvalue weighted by atomic mass is 10.1. The Morgan fingerprint density at radius 2 is 2.11 bits per heavy atom. The summed E-state index contributed by atoms with van der Waals surface area (Å²) in [7, 11) is 0. The van der Waals surface area contributed by atoms with Crippen molar-refractivity contribution < 1.29 is 4.74 Å². The number of hydrogen-bond acceptors (Lipinski definition) is 3. The number of aryl methyl sites for hydroxylation is 1. The molecule has 94 valence electrons. The Bertz CT molecular complexity index is 592. The molecule has 18 heavy (non-hydrogen) atoms. The van der Waals surface area contributed by atoms with Gasteiger partial charge in [0, 0.05) is 5.56 Å². The molecular formula is C14H16N2OS. The summed E-state index contributed by atoms with van der Waals surface area (Å²) < 4.78 is 6.34. The lowest BCUT2D eigenvalue weighted by Crippen LogP contribution is -1.98. The predicted octanol–water partition coefficient (Wildman–Crippen LogP) is 3.90. The molecule has 1 aromatic carbocycles. The number of hydrogen-bond donors (Lipinski definition) is 1. The molecule has 4 heteroatoms. The van der Waals surface area contributed by atoms with E-state index in [0.29, 0.717) is 11.2 Å². The van der Waals surface area contributed by atoms with Crippen LogP contribution in [-0.4, -0.2) is 16.6 Å². The van der Waals surface area contributed by atoms with E-state index in [1.165, 1.54) is 0 Å². The number of nitrogens with one attached hydrogen (secondary N) is 1. The molecule has 0 aliphatic rings. The van der Waals surface area contributed by atoms with E-state index in [2.05, 4.69) is 16.9 Å². The van der Waals surface area contributed by atoms with E-state index in [9.17, 15) is 0 Å². The number of aromatic nitrogens is 2. The normalized spacial score (nSPS) is 10.3. The van der Waals surface area contributed by atoms with E-state index >= 15 is 0 Å². The first-order chi connectivity index (χ1) is 8.70. The fourth-order valence-electron chi connectivity index (χ4n) is 1.75. The summed E-state index contributed by atoms with van der Waals surface area (Å²) in [5.41, 5.74) is 1.96. The quantitative estimate of drug-likeness (QED) is 0.847. The van der Waals surface area contributed by atoms with Gasteiger partial charge in [-0.25, -0.2) is 4.98 Å². The zero-order chi connectivity index (χ0) is 13.0. The van der Waals surface area contributed by atoms with Gasteiger partial charge in [0.25, 0.3) is 0 Å². The molecule has 2 rings (SSSR count). The Labute approximate surface area is 112 Å². The number of rotatable bonds is 4. The van der Waals surface area contributed by atoms with Crippen LogP contribution in [0.15, 0.2) is 30.3 Å². The highest BCUT2D eigenvalue weighted by Gasteiger charge is 2.06. The van der Waals surface area contributed by atoms with Gasteiger partial charge in [-0.3, -0.25) is 0 Å². The summed E-state index contributed by atoms with van der Waals surface area (Å²) in [6.45, 7) is 4.70. The maximum atomic E-state index is 5.75. The molecule has 0 radical (unpaired) electrons. The Morgan fingerprint density at radius 1 is 1.33 bits per heavy atom. The van der Waals surface area contributed by atoms with Gasteiger partial charge in [-0.1, -0.05) is 31.3 Å². The van der Waals surface area contributed by atoms with Gasteiger partial charge in [0.2, 0.25) is 0 Å². The van der Waals surface area contributed by atoms with Crippen molar-refractivity contribution in [1.29, 1.82) is 0 Å². The third-order valence-electron chi connectivity index (χ3n) is 2.50. The van der Waals surface area contributed by atoms with Gasteiger partial charge in [0.15, 0.2) is 0 Å². The highest BCUT2D eigenvalue weighted by Crippen LogP contribution is 2.28. The molecule has 0 spiro atoms. The van der Waals surface area contributed by atoms with Crippen LogP contribution in [0.2, 0.25) is 0 Å². The van der Waals surface area contributed by atoms with Crippen molar-refractivity contribution in [2.45, 2.75) is 20.3 Å². The fraction of sp³-hybridized carbons (Fsp3) is 0.286. The van der Waals surface area contributed by atoms with Crippen molar-refractivity contribution in [2.24, 2.45) is 0 Å². The summed E-state index contributed by atoms with van der Waals surface area (Å²) in [5, 5.41) is 0. The molecular weight excluding hydrogens is 244 g/mol. The van der Waals surface area contributed by atoms with E-state index in [0.717, 1.165) is 29.3 Å². The van der Waals surface area contributed by atoms with Crippen molar-refractivity contribution in [3.63, 3.8) is 0 Å². The number of nitrogens with zero attached hydrogens (tertiary/aromatic N) is 1. The minimum Gasteiger partial charge on any atom is -0.493 e. The van der Waals surface area contributed by atoms with Crippen molar-refractivity contribution in [3.05, 3.63) is 40.8 Å². The number of para-hydroxylation sites is 1. The molecule has 0 atom stereocenters. The Balaban J connectivity index is 2.46. The predicted molar refractivity (Wildman–Crippen MR) is 75.4 cm³/mol. The van der Waals surface area contributed by atoms with Gasteiger partial charge in [-0.05, 0) is 31.5 Å². The van der Waals surface area contributed by atoms with Crippen LogP contribution in [0.4, 0.5) is 0 Å². The molecule has 2 aromatic rings. The highest BCUT2D eigenvalue weighted by molar-refractivity contribution is 7.71. The van der Waals surface area contributed by atoms with Gasteiger partial charge in [0.05, 0.1) is 12.3 Å². The Hall–Kier alpha value is -1.68. The maximum absolute atomic E-state index is 5.75. The van der Waals surface area contributed by atoms with Crippen LogP contribution in [0.1, 0.15) is 19.2 Å². The zero-order valence-corrected chi connectivity index (χ0v) is 11.4. The van der Waals surface area contributed by atoms with Gasteiger partial charge in [0.1, 0.15) is 16.2 Å². The SMILES string of the molecule is CCCOc1ccccc1-c1cc(=S)nc(C)[nH]1. The zero-order valence-electron chi connectivity index (χ0n) is 10.6. The average molecular weight is 260 g/mol. The maximum Gasteiger partial charge on any atom is 0.130 e. The largest absolute Gasteiger partial charge is 0.493 e. The number of benzene rings is 1. The van der Waals surface area contributed by atoms with Crippen LogP contribution in [0, 0.1) is 11.6 Å². The number of ether oxygens (including phenoxy) is 1. The summed E-state index contributed by atoms with van der Waals surface area (Å²) in [6, 6.07) is 9.80. The molecule has 3 nitrogen and oxygen atoms in total. The van der Waals surface area contributed by atoms with E-state index in [-0.39, 0.29) is 0 Å². The van der Waals surface area contributed by atoms with Crippen molar-refractivity contribution in [2.75, 3.05) is 6.61 Å². The second kappa shape index (κ2) is 5.78. The third-order valence-corrected chi connectivity index (χ3v) is 2.71. The molecule has 0 bridgehead atoms. The van der Waals surface area contributed by atoms with E-state index in [4.69, 9.17) is 17.0 Å². The first-order valence-electron chi connectivity index (χ1n) is 6.01. The van der Waals surface area contributed by atoms with E-state index in [1.54, 1.807) is 0 Å². The lowest BCUT2D eigenvalue weighted by Gasteiger charge is -2.11. The Kier molecular flexibility index (Phi) is 4.10. The summed E-state index contributed by atoms with van der Waals surface area (Å²) in [6.07, 6.45) is 0.986. The molecule has 1 heterocycles. The van der Waals surface area contributed by atoms with Gasteiger partial charge < -0.3 is 9.72 Å². The van der Waals surface area contributed by atoms with Crippen LogP contribution in [0.25, 0.3) is 11.3 Å². The molecule has 0 aliphatic carbocycles. The van der Waals surface area contributed by atoms with Crippen molar-refractivity contribution >= 4 is 12.2 Å². The topological polar surface area (TPSA) is 37.9 Å². The van der Waals surface area contributed by atoms with Crippen LogP contribution < -0.4 is 4.74 Å². The van der Waals surface area contributed by atoms with Gasteiger partial charge >= 0.3 is 0 Å². The summed E-state index contributed by atoms with van der Waals surface area (Å²) >= 11 is 5.15. The van der Waals surface area contributed by atoms with E-state index in [1.807, 2.05) is 37.3 Å². The lowest BCUT2D eigenvalue weighted by molar-refractivity contribution is 0.318. The van der Waals surface area contributed by atoms with Crippen LogP contribution in [-0.2, 0) is 0 Å². The monoisotopic (exact) mass is 260 g/mol. The van der Waals surface area contributed by atoms with Gasteiger partial charge in [-0.15, -0.1) is 0 Å². The van der Waals surface area contributed by atoms with Gasteiger partial charge in [-0.2, -0.15) is 0 Å². The minimum atomic E-state index is 0.589. The number of aromatic amines is 1. The first-order valence-corrected chi connectivity index (χ1v) is 6.41. The van der Waals surface area contributed by atoms with Crippen LogP contribution in [0.3, 0.4) is 0 Å². The summed E-state index contributed by atoms with van der Waals surface area (Å²) in [4.78, 5) is 7.39. The smallest absolute Gasteiger partial charge is 0.130 e. The standard InChI is InChI=1S/C14H16N2OS/c1-3-8-17-13-7-5-4-6-11(13)12-9-14(18)16-10(2)15-12/h4-7,9H,3,8H2,1-2H3,(H,15,16,18). The molecule has 1 aromatic heterocycles. The molecule has 0 amide bonds. The van der Waals surface area contributed by atoms with Crippen molar-refractivity contribution in [1.82, 2.24) is 9.97 Å². The van der Waals surface area contributed by atoms with Crippen LogP contribution in [0.5, 0.6) is 5.75 Å². The van der Waals surface area contributed by atoms with E-state index < -0.39 is 0 Å².